The minimum atomic E-state index is -0.949. The summed E-state index contributed by atoms with van der Waals surface area (Å²) >= 11 is 0. The highest BCUT2D eigenvalue weighted by Gasteiger charge is 2.25. The number of para-hydroxylation sites is 1. The monoisotopic (exact) mass is 267 g/mol. The van der Waals surface area contributed by atoms with Crippen molar-refractivity contribution < 1.29 is 14.7 Å². The second-order valence-corrected chi connectivity index (χ2v) is 4.80. The molecule has 0 aliphatic carbocycles. The standard InChI is InChI=1S/C16H13NO3/c18-15-9-14(17-13-4-2-1-3-12(13)15)10-5-7-11(8-6-10)16(19)20/h1-8,14,17H,9H2,(H,19,20). The molecule has 2 aromatic carbocycles. The summed E-state index contributed by atoms with van der Waals surface area (Å²) in [6.45, 7) is 0. The van der Waals surface area contributed by atoms with E-state index in [9.17, 15) is 9.59 Å². The Morgan fingerprint density at radius 3 is 2.50 bits per heavy atom. The highest BCUT2D eigenvalue weighted by Crippen LogP contribution is 2.32. The molecule has 0 aromatic heterocycles. The molecule has 0 radical (unpaired) electrons. The van der Waals surface area contributed by atoms with Gasteiger partial charge < -0.3 is 10.4 Å². The Morgan fingerprint density at radius 1 is 1.10 bits per heavy atom. The van der Waals surface area contributed by atoms with Crippen LogP contribution in [-0.4, -0.2) is 16.9 Å². The molecule has 1 unspecified atom stereocenters. The normalized spacial score (nSPS) is 17.2. The molecule has 4 heteroatoms. The number of fused-ring (bicyclic) bond motifs is 1. The average molecular weight is 267 g/mol. The Hall–Kier alpha value is -2.62. The molecular formula is C16H13NO3. The summed E-state index contributed by atoms with van der Waals surface area (Å²) in [5.74, 6) is -0.846. The van der Waals surface area contributed by atoms with Gasteiger partial charge in [-0.1, -0.05) is 24.3 Å². The summed E-state index contributed by atoms with van der Waals surface area (Å²) in [5, 5.41) is 12.2. The van der Waals surface area contributed by atoms with E-state index in [-0.39, 0.29) is 17.4 Å². The number of benzene rings is 2. The zero-order valence-corrected chi connectivity index (χ0v) is 10.7. The van der Waals surface area contributed by atoms with Crippen LogP contribution in [0.4, 0.5) is 5.69 Å². The summed E-state index contributed by atoms with van der Waals surface area (Å²) in [6, 6.07) is 13.9. The Balaban J connectivity index is 1.90. The van der Waals surface area contributed by atoms with Crippen molar-refractivity contribution in [2.45, 2.75) is 12.5 Å². The lowest BCUT2D eigenvalue weighted by atomic mass is 9.92. The fraction of sp³-hybridized carbons (Fsp3) is 0.125. The first-order valence-electron chi connectivity index (χ1n) is 6.37. The van der Waals surface area contributed by atoms with Gasteiger partial charge in [0.2, 0.25) is 0 Å². The number of carboxylic acid groups (broad SMARTS) is 1. The van der Waals surface area contributed by atoms with E-state index in [2.05, 4.69) is 5.32 Å². The van der Waals surface area contributed by atoms with Crippen molar-refractivity contribution in [3.05, 3.63) is 65.2 Å². The van der Waals surface area contributed by atoms with Crippen molar-refractivity contribution in [1.29, 1.82) is 0 Å². The van der Waals surface area contributed by atoms with Gasteiger partial charge in [-0.2, -0.15) is 0 Å². The zero-order chi connectivity index (χ0) is 14.1. The number of hydrogen-bond donors (Lipinski definition) is 2. The Bertz CT molecular complexity index is 676. The van der Waals surface area contributed by atoms with Crippen LogP contribution in [0.1, 0.15) is 38.7 Å². The first-order valence-corrected chi connectivity index (χ1v) is 6.37. The maximum Gasteiger partial charge on any atom is 0.335 e. The highest BCUT2D eigenvalue weighted by molar-refractivity contribution is 6.03. The van der Waals surface area contributed by atoms with E-state index in [1.54, 1.807) is 24.3 Å². The molecule has 0 fully saturated rings. The second kappa shape index (κ2) is 4.81. The van der Waals surface area contributed by atoms with E-state index in [1.165, 1.54) is 0 Å². The van der Waals surface area contributed by atoms with Gasteiger partial charge in [0.25, 0.3) is 0 Å². The third kappa shape index (κ3) is 2.16. The molecule has 4 nitrogen and oxygen atoms in total. The van der Waals surface area contributed by atoms with Crippen LogP contribution < -0.4 is 5.32 Å². The van der Waals surface area contributed by atoms with E-state index >= 15 is 0 Å². The summed E-state index contributed by atoms with van der Waals surface area (Å²) in [4.78, 5) is 22.9. The van der Waals surface area contributed by atoms with E-state index in [0.717, 1.165) is 11.3 Å². The van der Waals surface area contributed by atoms with Gasteiger partial charge in [-0.15, -0.1) is 0 Å². The Morgan fingerprint density at radius 2 is 1.80 bits per heavy atom. The predicted octanol–water partition coefficient (Wildman–Crippen LogP) is 3.12. The molecule has 2 aromatic rings. The molecule has 20 heavy (non-hydrogen) atoms. The molecule has 0 saturated carbocycles. The Labute approximate surface area is 116 Å². The first-order chi connectivity index (χ1) is 9.65. The van der Waals surface area contributed by atoms with Gasteiger partial charge in [0.05, 0.1) is 11.6 Å². The minimum absolute atomic E-state index is 0.103. The lowest BCUT2D eigenvalue weighted by Crippen LogP contribution is -2.22. The maximum atomic E-state index is 12.1. The van der Waals surface area contributed by atoms with Gasteiger partial charge >= 0.3 is 5.97 Å². The van der Waals surface area contributed by atoms with Crippen molar-refractivity contribution in [3.63, 3.8) is 0 Å². The molecular weight excluding hydrogens is 254 g/mol. The number of carboxylic acids is 1. The maximum absolute atomic E-state index is 12.1. The van der Waals surface area contributed by atoms with Crippen molar-refractivity contribution in [2.24, 2.45) is 0 Å². The molecule has 0 saturated heterocycles. The quantitative estimate of drug-likeness (QED) is 0.877. The number of nitrogens with one attached hydrogen (secondary N) is 1. The molecule has 100 valence electrons. The van der Waals surface area contributed by atoms with E-state index in [0.29, 0.717) is 12.0 Å². The van der Waals surface area contributed by atoms with Crippen LogP contribution in [0.25, 0.3) is 0 Å². The van der Waals surface area contributed by atoms with Crippen molar-refractivity contribution >= 4 is 17.4 Å². The number of ketones is 1. The number of hydrogen-bond acceptors (Lipinski definition) is 3. The second-order valence-electron chi connectivity index (χ2n) is 4.80. The molecule has 1 aliphatic rings. The van der Waals surface area contributed by atoms with Crippen molar-refractivity contribution in [1.82, 2.24) is 0 Å². The fourth-order valence-electron chi connectivity index (χ4n) is 2.45. The molecule has 2 N–H and O–H groups in total. The Kier molecular flexibility index (Phi) is 2.99. The summed E-state index contributed by atoms with van der Waals surface area (Å²) in [6.07, 6.45) is 0.378. The van der Waals surface area contributed by atoms with Gasteiger partial charge in [-0.3, -0.25) is 4.79 Å². The number of aromatic carboxylic acids is 1. The highest BCUT2D eigenvalue weighted by atomic mass is 16.4. The fourth-order valence-corrected chi connectivity index (χ4v) is 2.45. The summed E-state index contributed by atoms with van der Waals surface area (Å²) in [5.41, 5.74) is 2.70. The molecule has 1 aliphatic heterocycles. The van der Waals surface area contributed by atoms with Crippen LogP contribution in [0.3, 0.4) is 0 Å². The number of Topliss-reactive ketones (excluding diaryl/α,β-unsaturated/α-hetero) is 1. The third-order valence-electron chi connectivity index (χ3n) is 3.51. The SMILES string of the molecule is O=C(O)c1ccc(C2CC(=O)c3ccccc3N2)cc1. The van der Waals surface area contributed by atoms with Gasteiger partial charge in [0, 0.05) is 17.7 Å². The smallest absolute Gasteiger partial charge is 0.335 e. The first kappa shape index (κ1) is 12.4. The summed E-state index contributed by atoms with van der Waals surface area (Å²) in [7, 11) is 0. The molecule has 0 bridgehead atoms. The molecule has 0 amide bonds. The largest absolute Gasteiger partial charge is 0.478 e. The van der Waals surface area contributed by atoms with Crippen LogP contribution in [-0.2, 0) is 0 Å². The number of carbonyl (C=O) groups is 2. The van der Waals surface area contributed by atoms with Crippen molar-refractivity contribution in [2.75, 3.05) is 5.32 Å². The van der Waals surface area contributed by atoms with Crippen molar-refractivity contribution in [3.8, 4) is 0 Å². The third-order valence-corrected chi connectivity index (χ3v) is 3.51. The van der Waals surface area contributed by atoms with Crippen LogP contribution in [0.15, 0.2) is 48.5 Å². The van der Waals surface area contributed by atoms with Crippen LogP contribution in [0, 0.1) is 0 Å². The van der Waals surface area contributed by atoms with Crippen LogP contribution in [0.2, 0.25) is 0 Å². The van der Waals surface area contributed by atoms with Gasteiger partial charge in [-0.25, -0.2) is 4.79 Å². The lowest BCUT2D eigenvalue weighted by molar-refractivity contribution is 0.0696. The number of anilines is 1. The van der Waals surface area contributed by atoms with E-state index < -0.39 is 5.97 Å². The predicted molar refractivity (Wildman–Crippen MR) is 75.2 cm³/mol. The van der Waals surface area contributed by atoms with Gasteiger partial charge in [0.1, 0.15) is 0 Å². The average Bonchev–Trinajstić information content (AvgIpc) is 2.47. The van der Waals surface area contributed by atoms with Gasteiger partial charge in [0.15, 0.2) is 5.78 Å². The van der Waals surface area contributed by atoms with E-state index in [1.807, 2.05) is 24.3 Å². The van der Waals surface area contributed by atoms with E-state index in [4.69, 9.17) is 5.11 Å². The molecule has 1 atom stereocenters. The topological polar surface area (TPSA) is 66.4 Å². The zero-order valence-electron chi connectivity index (χ0n) is 10.7. The number of rotatable bonds is 2. The molecule has 1 heterocycles. The van der Waals surface area contributed by atoms with Gasteiger partial charge in [-0.05, 0) is 29.8 Å². The lowest BCUT2D eigenvalue weighted by Gasteiger charge is -2.26. The molecule has 0 spiro atoms. The van der Waals surface area contributed by atoms with Crippen LogP contribution >= 0.6 is 0 Å². The van der Waals surface area contributed by atoms with Crippen LogP contribution in [0.5, 0.6) is 0 Å². The molecule has 3 rings (SSSR count). The summed E-state index contributed by atoms with van der Waals surface area (Å²) < 4.78 is 0. The minimum Gasteiger partial charge on any atom is -0.478 e. The number of carbonyl (C=O) groups excluding carboxylic acids is 1.